The average molecular weight is 441 g/mol. The zero-order valence-electron chi connectivity index (χ0n) is 17.4. The summed E-state index contributed by atoms with van der Waals surface area (Å²) in [4.78, 5) is 30.6. The third-order valence-corrected chi connectivity index (χ3v) is 6.48. The minimum atomic E-state index is -0.275. The minimum Gasteiger partial charge on any atom is -0.455 e. The largest absolute Gasteiger partial charge is 0.455 e. The van der Waals surface area contributed by atoms with Crippen molar-refractivity contribution in [2.75, 3.05) is 6.54 Å². The summed E-state index contributed by atoms with van der Waals surface area (Å²) in [5.74, 6) is 0.209. The van der Waals surface area contributed by atoms with Gasteiger partial charge in [-0.05, 0) is 31.2 Å². The second kappa shape index (κ2) is 8.40. The maximum Gasteiger partial charge on any atom is 0.255 e. The second-order valence-corrected chi connectivity index (χ2v) is 8.63. The first-order valence-corrected chi connectivity index (χ1v) is 11.2. The molecular formula is C26H20N2O3S. The minimum absolute atomic E-state index is 0.130. The SMILES string of the molecule is Cc1c(-c2ccccc2)oc2c(C(=O)NCCc3nc4ccccc4s3)cccc2c1=O. The van der Waals surface area contributed by atoms with Gasteiger partial charge in [0.2, 0.25) is 0 Å². The van der Waals surface area contributed by atoms with E-state index in [1.807, 2.05) is 54.6 Å². The van der Waals surface area contributed by atoms with Gasteiger partial charge in [-0.25, -0.2) is 4.98 Å². The van der Waals surface area contributed by atoms with Crippen molar-refractivity contribution in [2.45, 2.75) is 13.3 Å². The lowest BCUT2D eigenvalue weighted by Gasteiger charge is -2.10. The summed E-state index contributed by atoms with van der Waals surface area (Å²) in [7, 11) is 0. The number of benzene rings is 3. The average Bonchev–Trinajstić information content (AvgIpc) is 3.24. The van der Waals surface area contributed by atoms with Crippen molar-refractivity contribution in [3.8, 4) is 11.3 Å². The molecule has 2 aromatic heterocycles. The fourth-order valence-electron chi connectivity index (χ4n) is 3.76. The van der Waals surface area contributed by atoms with Crippen LogP contribution in [0.4, 0.5) is 0 Å². The molecule has 0 radical (unpaired) electrons. The van der Waals surface area contributed by atoms with E-state index in [-0.39, 0.29) is 11.3 Å². The van der Waals surface area contributed by atoms with Crippen LogP contribution < -0.4 is 10.7 Å². The first-order valence-electron chi connectivity index (χ1n) is 10.4. The third kappa shape index (κ3) is 3.69. The molecule has 0 spiro atoms. The van der Waals surface area contributed by atoms with Crippen LogP contribution in [0, 0.1) is 6.92 Å². The van der Waals surface area contributed by atoms with E-state index in [1.165, 1.54) is 0 Å². The van der Waals surface area contributed by atoms with Gasteiger partial charge >= 0.3 is 0 Å². The van der Waals surface area contributed by atoms with E-state index in [2.05, 4.69) is 10.3 Å². The van der Waals surface area contributed by atoms with Gasteiger partial charge in [-0.1, -0.05) is 48.5 Å². The molecule has 0 saturated heterocycles. The van der Waals surface area contributed by atoms with E-state index < -0.39 is 0 Å². The van der Waals surface area contributed by atoms with Crippen LogP contribution in [0.5, 0.6) is 0 Å². The van der Waals surface area contributed by atoms with Gasteiger partial charge in [0.1, 0.15) is 5.76 Å². The highest BCUT2D eigenvalue weighted by Crippen LogP contribution is 2.27. The van der Waals surface area contributed by atoms with Gasteiger partial charge in [0.15, 0.2) is 11.0 Å². The van der Waals surface area contributed by atoms with Gasteiger partial charge in [-0.3, -0.25) is 9.59 Å². The molecule has 1 amide bonds. The number of amides is 1. The van der Waals surface area contributed by atoms with Crippen molar-refractivity contribution in [3.05, 3.63) is 99.2 Å². The Morgan fingerprint density at radius 3 is 2.59 bits per heavy atom. The number of nitrogens with zero attached hydrogens (tertiary/aromatic N) is 1. The van der Waals surface area contributed by atoms with Crippen LogP contribution in [-0.2, 0) is 6.42 Å². The molecule has 2 heterocycles. The Hall–Kier alpha value is -3.77. The maximum atomic E-state index is 13.0. The highest BCUT2D eigenvalue weighted by molar-refractivity contribution is 7.18. The molecule has 0 unspecified atom stereocenters. The molecule has 0 aliphatic rings. The number of hydrogen-bond acceptors (Lipinski definition) is 5. The van der Waals surface area contributed by atoms with Crippen LogP contribution in [-0.4, -0.2) is 17.4 Å². The fourth-order valence-corrected chi connectivity index (χ4v) is 4.73. The maximum absolute atomic E-state index is 13.0. The Morgan fingerprint density at radius 1 is 1.00 bits per heavy atom. The van der Waals surface area contributed by atoms with E-state index in [1.54, 1.807) is 36.5 Å². The number of nitrogens with one attached hydrogen (secondary N) is 1. The number of aromatic nitrogens is 1. The van der Waals surface area contributed by atoms with Gasteiger partial charge < -0.3 is 9.73 Å². The van der Waals surface area contributed by atoms with Crippen LogP contribution in [0.1, 0.15) is 20.9 Å². The summed E-state index contributed by atoms with van der Waals surface area (Å²) in [6.07, 6.45) is 0.633. The van der Waals surface area contributed by atoms with Crippen LogP contribution >= 0.6 is 11.3 Å². The molecule has 3 aromatic carbocycles. The Balaban J connectivity index is 1.43. The summed E-state index contributed by atoms with van der Waals surface area (Å²) in [5, 5.41) is 4.32. The summed E-state index contributed by atoms with van der Waals surface area (Å²) in [6, 6.07) is 22.5. The zero-order valence-corrected chi connectivity index (χ0v) is 18.2. The highest BCUT2D eigenvalue weighted by Gasteiger charge is 2.18. The van der Waals surface area contributed by atoms with Crippen LogP contribution in [0.2, 0.25) is 0 Å². The van der Waals surface area contributed by atoms with Gasteiger partial charge in [0.25, 0.3) is 5.91 Å². The zero-order chi connectivity index (χ0) is 22.1. The number of carbonyl (C=O) groups excluding carboxylic acids is 1. The molecule has 32 heavy (non-hydrogen) atoms. The van der Waals surface area contributed by atoms with Crippen molar-refractivity contribution in [1.29, 1.82) is 0 Å². The molecule has 6 heteroatoms. The Morgan fingerprint density at radius 2 is 1.78 bits per heavy atom. The molecule has 0 saturated carbocycles. The van der Waals surface area contributed by atoms with Crippen LogP contribution in [0.3, 0.4) is 0 Å². The van der Waals surface area contributed by atoms with Gasteiger partial charge in [-0.2, -0.15) is 0 Å². The summed E-state index contributed by atoms with van der Waals surface area (Å²) < 4.78 is 7.28. The number of hydrogen-bond donors (Lipinski definition) is 1. The standard InChI is InChI=1S/C26H20N2O3S/c1-16-23(29)18-10-7-11-19(25(18)31-24(16)17-8-3-2-4-9-17)26(30)27-15-14-22-28-20-12-5-6-13-21(20)32-22/h2-13H,14-15H2,1H3,(H,27,30). The molecule has 158 valence electrons. The van der Waals surface area contributed by atoms with E-state index in [4.69, 9.17) is 4.42 Å². The second-order valence-electron chi connectivity index (χ2n) is 7.51. The normalized spacial score (nSPS) is 11.2. The van der Waals surface area contributed by atoms with Crippen molar-refractivity contribution in [3.63, 3.8) is 0 Å². The monoisotopic (exact) mass is 440 g/mol. The van der Waals surface area contributed by atoms with Gasteiger partial charge in [0.05, 0.1) is 26.2 Å². The fraction of sp³-hybridized carbons (Fsp3) is 0.115. The van der Waals surface area contributed by atoms with Crippen molar-refractivity contribution >= 4 is 38.4 Å². The number of para-hydroxylation sites is 2. The summed E-state index contributed by atoms with van der Waals surface area (Å²) in [5.41, 5.74) is 2.82. The number of carbonyl (C=O) groups is 1. The molecule has 5 nitrogen and oxygen atoms in total. The molecule has 0 aliphatic carbocycles. The van der Waals surface area contributed by atoms with E-state index >= 15 is 0 Å². The molecule has 1 N–H and O–H groups in total. The van der Waals surface area contributed by atoms with E-state index in [9.17, 15) is 9.59 Å². The topological polar surface area (TPSA) is 72.2 Å². The first kappa shape index (κ1) is 20.2. The van der Waals surface area contributed by atoms with Crippen molar-refractivity contribution in [2.24, 2.45) is 0 Å². The van der Waals surface area contributed by atoms with Crippen molar-refractivity contribution < 1.29 is 9.21 Å². The van der Waals surface area contributed by atoms with Gasteiger partial charge in [-0.15, -0.1) is 11.3 Å². The summed E-state index contributed by atoms with van der Waals surface area (Å²) >= 11 is 1.63. The molecule has 0 bridgehead atoms. The predicted molar refractivity (Wildman–Crippen MR) is 128 cm³/mol. The lowest BCUT2D eigenvalue weighted by atomic mass is 10.0. The molecule has 5 aromatic rings. The smallest absolute Gasteiger partial charge is 0.255 e. The Kier molecular flexibility index (Phi) is 5.29. The molecule has 0 fully saturated rings. The molecule has 0 atom stereocenters. The Labute approximate surface area is 188 Å². The van der Waals surface area contributed by atoms with E-state index in [0.29, 0.717) is 40.8 Å². The molecule has 0 aliphatic heterocycles. The predicted octanol–water partition coefficient (Wildman–Crippen LogP) is 5.35. The lowest BCUT2D eigenvalue weighted by molar-refractivity contribution is 0.0955. The number of rotatable bonds is 5. The van der Waals surface area contributed by atoms with Crippen LogP contribution in [0.15, 0.2) is 82.0 Å². The number of thiazole rings is 1. The van der Waals surface area contributed by atoms with Crippen molar-refractivity contribution in [1.82, 2.24) is 10.3 Å². The quantitative estimate of drug-likeness (QED) is 0.400. The lowest BCUT2D eigenvalue weighted by Crippen LogP contribution is -2.26. The van der Waals surface area contributed by atoms with E-state index in [0.717, 1.165) is 20.8 Å². The van der Waals surface area contributed by atoms with Gasteiger partial charge in [0, 0.05) is 24.1 Å². The van der Waals surface area contributed by atoms with Crippen LogP contribution in [0.25, 0.3) is 32.5 Å². The number of fused-ring (bicyclic) bond motifs is 2. The molecular weight excluding hydrogens is 420 g/mol. The highest BCUT2D eigenvalue weighted by atomic mass is 32.1. The Bertz CT molecular complexity index is 1470. The molecule has 5 rings (SSSR count). The first-order chi connectivity index (χ1) is 15.6. The third-order valence-electron chi connectivity index (χ3n) is 5.39. The summed E-state index contributed by atoms with van der Waals surface area (Å²) in [6.45, 7) is 2.19.